The van der Waals surface area contributed by atoms with E-state index in [1.807, 2.05) is 0 Å². The number of aliphatic carboxylic acids is 1. The lowest BCUT2D eigenvalue weighted by molar-refractivity contribution is -0.889. The van der Waals surface area contributed by atoms with Crippen molar-refractivity contribution in [2.45, 2.75) is 97.5 Å². The number of hydrogen-bond donors (Lipinski definition) is 2. The molecule has 0 heterocycles. The fourth-order valence-electron chi connectivity index (χ4n) is 3.55. The van der Waals surface area contributed by atoms with Crippen LogP contribution in [0.2, 0.25) is 0 Å². The van der Waals surface area contributed by atoms with Gasteiger partial charge in [-0.3, -0.25) is 28.5 Å². The number of hydrogen-bond acceptors (Lipinski definition) is 6. The molecule has 38 heteroatoms. The number of carbonyl (C=O) groups excluding carboxylic acids is 1. The van der Waals surface area contributed by atoms with Crippen molar-refractivity contribution in [1.29, 1.82) is 0 Å². The molecule has 0 aromatic rings. The number of nitrogens with zero attached hydrogens (tertiary/aromatic N) is 1. The SMILES string of the molecule is C[N+](C)(CCCNC(=O)C(F)(OC(F)(F)C(F)(OC(F)(F)C(F)(OC(F)(F)C(F)(OC(F)(F)C(F)(F)C(F)(F)F)C(F)(F)F)C(F)(F)F)C(F)(F)F)C(F)(F)F)CCC(=O)O. The first-order chi connectivity index (χ1) is 26.1. The highest BCUT2D eigenvalue weighted by Crippen LogP contribution is 2.61. The summed E-state index contributed by atoms with van der Waals surface area (Å²) in [6.45, 7) is -2.31. The summed E-state index contributed by atoms with van der Waals surface area (Å²) in [6.07, 6.45) is -79.2. The Morgan fingerprint density at radius 2 is 0.770 bits per heavy atom. The van der Waals surface area contributed by atoms with Gasteiger partial charge in [0.25, 0.3) is 5.91 Å². The van der Waals surface area contributed by atoms with Crippen molar-refractivity contribution >= 4 is 11.9 Å². The van der Waals surface area contributed by atoms with Crippen LogP contribution < -0.4 is 5.32 Å². The van der Waals surface area contributed by atoms with Crippen molar-refractivity contribution in [3.05, 3.63) is 0 Å². The summed E-state index contributed by atoms with van der Waals surface area (Å²) in [6, 6.07) is 0. The van der Waals surface area contributed by atoms with Gasteiger partial charge in [-0.15, -0.1) is 0 Å². The van der Waals surface area contributed by atoms with Crippen molar-refractivity contribution in [2.75, 3.05) is 33.7 Å². The lowest BCUT2D eigenvalue weighted by atomic mass is 10.2. The second-order valence-corrected chi connectivity index (χ2v) is 12.1. The summed E-state index contributed by atoms with van der Waals surface area (Å²) in [5.74, 6) is -48.4. The van der Waals surface area contributed by atoms with E-state index in [1.54, 1.807) is 4.74 Å². The van der Waals surface area contributed by atoms with E-state index in [2.05, 4.69) is 0 Å². The van der Waals surface area contributed by atoms with E-state index in [4.69, 9.17) is 5.11 Å². The minimum atomic E-state index is -9.28. The molecule has 9 nitrogen and oxygen atoms in total. The molecular weight excluding hydrogens is 967 g/mol. The number of nitrogens with one attached hydrogen (secondary N) is 1. The van der Waals surface area contributed by atoms with Crippen molar-refractivity contribution in [3.63, 3.8) is 0 Å². The van der Waals surface area contributed by atoms with Gasteiger partial charge in [0.1, 0.15) is 0 Å². The van der Waals surface area contributed by atoms with E-state index >= 15 is 0 Å². The first-order valence-corrected chi connectivity index (χ1v) is 14.2. The fourth-order valence-corrected chi connectivity index (χ4v) is 3.55. The highest BCUT2D eigenvalue weighted by Gasteiger charge is 2.90. The van der Waals surface area contributed by atoms with Crippen LogP contribution in [0, 0.1) is 0 Å². The quantitative estimate of drug-likeness (QED) is 0.0716. The maximum Gasteiger partial charge on any atom is 0.462 e. The maximum atomic E-state index is 14.8. The van der Waals surface area contributed by atoms with Gasteiger partial charge in [0.05, 0.1) is 33.6 Å². The Morgan fingerprint density at radius 3 is 1.05 bits per heavy atom. The van der Waals surface area contributed by atoms with E-state index in [1.165, 1.54) is 0 Å². The molecule has 0 aromatic carbocycles. The van der Waals surface area contributed by atoms with E-state index in [9.17, 15) is 137 Å². The molecule has 0 spiro atoms. The molecule has 0 fully saturated rings. The summed E-state index contributed by atoms with van der Waals surface area (Å²) < 4.78 is 398. The molecule has 4 unspecified atom stereocenters. The molecule has 4 atom stereocenters. The van der Waals surface area contributed by atoms with Gasteiger partial charge < -0.3 is 14.9 Å². The summed E-state index contributed by atoms with van der Waals surface area (Å²) in [7, 11) is 2.32. The Kier molecular flexibility index (Phi) is 15.8. The van der Waals surface area contributed by atoms with Gasteiger partial charge in [-0.1, -0.05) is 0 Å². The Balaban J connectivity index is 7.41. The number of alkyl halides is 29. The van der Waals surface area contributed by atoms with Gasteiger partial charge >= 0.3 is 90.6 Å². The first kappa shape index (κ1) is 57.7. The molecular formula is C23H18F29N2O7+. The number of carboxylic acids is 1. The van der Waals surface area contributed by atoms with Gasteiger partial charge in [-0.2, -0.15) is 127 Å². The molecule has 0 saturated carbocycles. The molecule has 0 aliphatic carbocycles. The zero-order valence-electron chi connectivity index (χ0n) is 28.3. The molecule has 1 amide bonds. The number of amides is 1. The highest BCUT2D eigenvalue weighted by atomic mass is 19.4. The Hall–Kier alpha value is -3.29. The predicted octanol–water partition coefficient (Wildman–Crippen LogP) is 8.59. The van der Waals surface area contributed by atoms with Gasteiger partial charge in [0.2, 0.25) is 0 Å². The number of ether oxygens (including phenoxy) is 4. The molecule has 2 N–H and O–H groups in total. The van der Waals surface area contributed by atoms with Crippen LogP contribution in [0.1, 0.15) is 12.8 Å². The van der Waals surface area contributed by atoms with Crippen LogP contribution in [-0.4, -0.2) is 140 Å². The molecule has 0 bridgehead atoms. The Morgan fingerprint density at radius 1 is 0.459 bits per heavy atom. The third-order valence-corrected chi connectivity index (χ3v) is 6.83. The number of quaternary nitrogens is 1. The normalized spacial score (nSPS) is 19.1. The average Bonchev–Trinajstić information content (AvgIpc) is 2.98. The maximum absolute atomic E-state index is 14.8. The molecule has 0 saturated heterocycles. The first-order valence-electron chi connectivity index (χ1n) is 14.2. The number of carbonyl (C=O) groups is 2. The van der Waals surface area contributed by atoms with Crippen molar-refractivity contribution in [1.82, 2.24) is 5.32 Å². The van der Waals surface area contributed by atoms with E-state index in [0.29, 0.717) is 5.32 Å². The second-order valence-electron chi connectivity index (χ2n) is 12.1. The highest BCUT2D eigenvalue weighted by molar-refractivity contribution is 5.84. The fraction of sp³-hybridized carbons (Fsp3) is 0.913. The molecule has 0 radical (unpaired) electrons. The van der Waals surface area contributed by atoms with Crippen LogP contribution in [0.15, 0.2) is 0 Å². The summed E-state index contributed by atoms with van der Waals surface area (Å²) >= 11 is 0. The summed E-state index contributed by atoms with van der Waals surface area (Å²) in [4.78, 5) is 22.5. The van der Waals surface area contributed by atoms with Crippen molar-refractivity contribution < 1.29 is 165 Å². The third kappa shape index (κ3) is 11.5. The summed E-state index contributed by atoms with van der Waals surface area (Å²) in [5, 5.41) is 9.26. The third-order valence-electron chi connectivity index (χ3n) is 6.83. The topological polar surface area (TPSA) is 103 Å². The second kappa shape index (κ2) is 16.7. The van der Waals surface area contributed by atoms with Crippen molar-refractivity contribution in [3.8, 4) is 0 Å². The Bertz CT molecular complexity index is 1540. The largest absolute Gasteiger partial charge is 0.481 e. The minimum Gasteiger partial charge on any atom is -0.481 e. The smallest absolute Gasteiger partial charge is 0.462 e. The molecule has 364 valence electrons. The molecule has 0 aliphatic heterocycles. The lowest BCUT2D eigenvalue weighted by Crippen LogP contribution is -2.72. The van der Waals surface area contributed by atoms with Gasteiger partial charge in [0.15, 0.2) is 0 Å². The predicted molar refractivity (Wildman–Crippen MR) is 126 cm³/mol. The molecule has 0 rings (SSSR count). The van der Waals surface area contributed by atoms with Crippen molar-refractivity contribution in [2.24, 2.45) is 0 Å². The number of carboxylic acid groups (broad SMARTS) is 1. The summed E-state index contributed by atoms with van der Waals surface area (Å²) in [5.41, 5.74) is 0. The molecule has 0 aliphatic rings. The van der Waals surface area contributed by atoms with Crippen LogP contribution in [0.4, 0.5) is 127 Å². The average molecular weight is 985 g/mol. The minimum absolute atomic E-state index is 0.340. The van der Waals surface area contributed by atoms with Gasteiger partial charge in [-0.25, -0.2) is 0 Å². The van der Waals surface area contributed by atoms with E-state index in [-0.39, 0.29) is 6.54 Å². The zero-order chi connectivity index (χ0) is 49.7. The van der Waals surface area contributed by atoms with Gasteiger partial charge in [-0.05, 0) is 0 Å². The van der Waals surface area contributed by atoms with Crippen LogP contribution in [0.5, 0.6) is 0 Å². The monoisotopic (exact) mass is 985 g/mol. The van der Waals surface area contributed by atoms with Crippen LogP contribution in [0.25, 0.3) is 0 Å². The van der Waals surface area contributed by atoms with Crippen LogP contribution in [0.3, 0.4) is 0 Å². The Labute approximate surface area is 315 Å². The standard InChI is InChI=1S/C23H17F29N2O7/c1-54(2,7-4-8(55)56)6-3-5-53-9(57)10(24,15(30,31)32)58-21(47,48)12(27,17(36,37)38)60-23(51,52)14(29,19(42,43)44)61-22(49,50)13(28,18(39,40)41)59-20(45,46)11(25,26)16(33,34)35/h3-7H2,1-2H3,(H-,53,55,56,57)/p+1. The van der Waals surface area contributed by atoms with Crippen LogP contribution in [-0.2, 0) is 28.5 Å². The van der Waals surface area contributed by atoms with Gasteiger partial charge in [0, 0.05) is 13.0 Å². The van der Waals surface area contributed by atoms with Crippen LogP contribution >= 0.6 is 0 Å². The zero-order valence-corrected chi connectivity index (χ0v) is 28.3. The molecule has 0 aromatic heterocycles. The number of rotatable bonds is 20. The molecule has 61 heavy (non-hydrogen) atoms. The lowest BCUT2D eigenvalue weighted by Gasteiger charge is -2.44. The van der Waals surface area contributed by atoms with E-state index in [0.717, 1.165) is 28.3 Å². The van der Waals surface area contributed by atoms with E-state index < -0.39 is 127 Å². The number of halogens is 29.